The second-order valence-corrected chi connectivity index (χ2v) is 5.65. The highest BCUT2D eigenvalue weighted by atomic mass is 16.3. The Balaban J connectivity index is 2.01. The Hall–Kier alpha value is -2.28. The molecule has 1 heterocycles. The number of fused-ring (bicyclic) bond motifs is 2. The quantitative estimate of drug-likeness (QED) is 0.573. The third kappa shape index (κ3) is 1.63. The standard InChI is InChI=1S/C19H16O/c1-12-9-14-8-7-13(2)19(16(14)10-12)18-11-15-5-3-4-6-17(15)20-18/h3-8,10-11H,9H2,1-2H3. The van der Waals surface area contributed by atoms with Gasteiger partial charge in [0.05, 0.1) is 0 Å². The van der Waals surface area contributed by atoms with Crippen molar-refractivity contribution in [3.63, 3.8) is 0 Å². The van der Waals surface area contributed by atoms with Crippen molar-refractivity contribution in [2.24, 2.45) is 0 Å². The van der Waals surface area contributed by atoms with Crippen molar-refractivity contribution < 1.29 is 4.42 Å². The van der Waals surface area contributed by atoms with Crippen LogP contribution in [-0.4, -0.2) is 0 Å². The second-order valence-electron chi connectivity index (χ2n) is 5.65. The van der Waals surface area contributed by atoms with Crippen molar-refractivity contribution in [2.75, 3.05) is 0 Å². The van der Waals surface area contributed by atoms with Crippen molar-refractivity contribution in [3.05, 3.63) is 64.7 Å². The van der Waals surface area contributed by atoms with E-state index < -0.39 is 0 Å². The van der Waals surface area contributed by atoms with Crippen LogP contribution in [-0.2, 0) is 6.42 Å². The zero-order valence-corrected chi connectivity index (χ0v) is 11.7. The molecular weight excluding hydrogens is 244 g/mol. The first-order chi connectivity index (χ1) is 9.72. The molecule has 2 aromatic carbocycles. The Bertz CT molecular complexity index is 816. The van der Waals surface area contributed by atoms with Crippen LogP contribution in [0.5, 0.6) is 0 Å². The lowest BCUT2D eigenvalue weighted by molar-refractivity contribution is 0.631. The average molecular weight is 260 g/mol. The van der Waals surface area contributed by atoms with E-state index in [9.17, 15) is 0 Å². The smallest absolute Gasteiger partial charge is 0.136 e. The monoisotopic (exact) mass is 260 g/mol. The van der Waals surface area contributed by atoms with Crippen LogP contribution in [0.3, 0.4) is 0 Å². The van der Waals surface area contributed by atoms with Crippen LogP contribution in [0.25, 0.3) is 28.4 Å². The summed E-state index contributed by atoms with van der Waals surface area (Å²) in [4.78, 5) is 0. The van der Waals surface area contributed by atoms with Crippen molar-refractivity contribution >= 4 is 17.0 Å². The second kappa shape index (κ2) is 4.11. The molecule has 0 radical (unpaired) electrons. The van der Waals surface area contributed by atoms with Gasteiger partial charge in [-0.3, -0.25) is 0 Å². The summed E-state index contributed by atoms with van der Waals surface area (Å²) in [6.45, 7) is 4.35. The number of para-hydroxylation sites is 1. The summed E-state index contributed by atoms with van der Waals surface area (Å²) in [5.41, 5.74) is 7.63. The first-order valence-corrected chi connectivity index (χ1v) is 7.01. The summed E-state index contributed by atoms with van der Waals surface area (Å²) in [5.74, 6) is 0.978. The van der Waals surface area contributed by atoms with Crippen LogP contribution in [0.2, 0.25) is 0 Å². The van der Waals surface area contributed by atoms with Crippen molar-refractivity contribution in [2.45, 2.75) is 20.3 Å². The number of furan rings is 1. The maximum absolute atomic E-state index is 6.07. The minimum absolute atomic E-state index is 0.957. The highest BCUT2D eigenvalue weighted by molar-refractivity contribution is 5.87. The molecule has 0 bridgehead atoms. The number of allylic oxidation sites excluding steroid dienone is 1. The van der Waals surface area contributed by atoms with E-state index in [0.717, 1.165) is 17.8 Å². The normalized spacial score (nSPS) is 13.6. The van der Waals surface area contributed by atoms with Crippen LogP contribution in [0.4, 0.5) is 0 Å². The molecule has 1 aliphatic carbocycles. The van der Waals surface area contributed by atoms with Crippen LogP contribution in [0.15, 0.2) is 52.5 Å². The fourth-order valence-corrected chi connectivity index (χ4v) is 3.12. The molecule has 1 heteroatoms. The Morgan fingerprint density at radius 1 is 1.00 bits per heavy atom. The third-order valence-electron chi connectivity index (χ3n) is 4.08. The van der Waals surface area contributed by atoms with E-state index in [2.05, 4.69) is 44.2 Å². The zero-order valence-electron chi connectivity index (χ0n) is 11.7. The largest absolute Gasteiger partial charge is 0.456 e. The van der Waals surface area contributed by atoms with Gasteiger partial charge < -0.3 is 4.42 Å². The maximum Gasteiger partial charge on any atom is 0.136 e. The van der Waals surface area contributed by atoms with Gasteiger partial charge in [0.1, 0.15) is 11.3 Å². The van der Waals surface area contributed by atoms with E-state index in [4.69, 9.17) is 4.42 Å². The lowest BCUT2D eigenvalue weighted by Crippen LogP contribution is -1.90. The summed E-state index contributed by atoms with van der Waals surface area (Å²) < 4.78 is 6.07. The highest BCUT2D eigenvalue weighted by Crippen LogP contribution is 2.38. The Morgan fingerprint density at radius 2 is 1.85 bits per heavy atom. The molecule has 0 saturated carbocycles. The topological polar surface area (TPSA) is 13.1 Å². The fourth-order valence-electron chi connectivity index (χ4n) is 3.12. The molecule has 1 nitrogen and oxygen atoms in total. The molecule has 0 fully saturated rings. The van der Waals surface area contributed by atoms with E-state index in [1.165, 1.54) is 33.2 Å². The molecule has 0 N–H and O–H groups in total. The highest BCUT2D eigenvalue weighted by Gasteiger charge is 2.18. The van der Waals surface area contributed by atoms with E-state index in [-0.39, 0.29) is 0 Å². The number of aryl methyl sites for hydroxylation is 1. The Kier molecular flexibility index (Phi) is 2.37. The minimum atomic E-state index is 0.957. The first-order valence-electron chi connectivity index (χ1n) is 7.01. The molecule has 1 aliphatic rings. The molecule has 3 aromatic rings. The molecule has 20 heavy (non-hydrogen) atoms. The maximum atomic E-state index is 6.07. The van der Waals surface area contributed by atoms with Gasteiger partial charge in [-0.15, -0.1) is 0 Å². The molecule has 1 aromatic heterocycles. The van der Waals surface area contributed by atoms with Gasteiger partial charge in [0.2, 0.25) is 0 Å². The Labute approximate surface area is 118 Å². The lowest BCUT2D eigenvalue weighted by atomic mass is 9.96. The zero-order chi connectivity index (χ0) is 13.7. The molecule has 0 atom stereocenters. The molecule has 0 saturated heterocycles. The van der Waals surface area contributed by atoms with Gasteiger partial charge in [0, 0.05) is 10.9 Å². The van der Waals surface area contributed by atoms with Gasteiger partial charge in [-0.1, -0.05) is 42.0 Å². The van der Waals surface area contributed by atoms with Crippen LogP contribution in [0.1, 0.15) is 23.6 Å². The summed E-state index contributed by atoms with van der Waals surface area (Å²) in [5, 5.41) is 1.17. The number of benzene rings is 2. The number of hydrogen-bond donors (Lipinski definition) is 0. The SMILES string of the molecule is CC1=Cc2c(ccc(C)c2-c2cc3ccccc3o2)C1. The number of hydrogen-bond acceptors (Lipinski definition) is 1. The number of rotatable bonds is 1. The molecule has 4 rings (SSSR count). The van der Waals surface area contributed by atoms with Gasteiger partial charge in [0.25, 0.3) is 0 Å². The van der Waals surface area contributed by atoms with Gasteiger partial charge in [-0.05, 0) is 49.1 Å². The van der Waals surface area contributed by atoms with Crippen LogP contribution >= 0.6 is 0 Å². The molecular formula is C19H16O. The van der Waals surface area contributed by atoms with Crippen LogP contribution < -0.4 is 0 Å². The van der Waals surface area contributed by atoms with Gasteiger partial charge in [0.15, 0.2) is 0 Å². The van der Waals surface area contributed by atoms with Crippen molar-refractivity contribution in [1.29, 1.82) is 0 Å². The predicted molar refractivity (Wildman–Crippen MR) is 83.7 cm³/mol. The fraction of sp³-hybridized carbons (Fsp3) is 0.158. The molecule has 0 amide bonds. The summed E-state index contributed by atoms with van der Waals surface area (Å²) in [7, 11) is 0. The molecule has 98 valence electrons. The molecule has 0 aliphatic heterocycles. The summed E-state index contributed by atoms with van der Waals surface area (Å²) in [6.07, 6.45) is 3.35. The van der Waals surface area contributed by atoms with E-state index in [1.54, 1.807) is 0 Å². The van der Waals surface area contributed by atoms with E-state index in [1.807, 2.05) is 18.2 Å². The lowest BCUT2D eigenvalue weighted by Gasteiger charge is -2.08. The van der Waals surface area contributed by atoms with Gasteiger partial charge >= 0.3 is 0 Å². The first kappa shape index (κ1) is 11.5. The summed E-state index contributed by atoms with van der Waals surface area (Å²) >= 11 is 0. The Morgan fingerprint density at radius 3 is 2.70 bits per heavy atom. The molecule has 0 unspecified atom stereocenters. The minimum Gasteiger partial charge on any atom is -0.456 e. The van der Waals surface area contributed by atoms with Crippen molar-refractivity contribution in [1.82, 2.24) is 0 Å². The molecule has 0 spiro atoms. The van der Waals surface area contributed by atoms with Crippen molar-refractivity contribution in [3.8, 4) is 11.3 Å². The van der Waals surface area contributed by atoms with Gasteiger partial charge in [-0.2, -0.15) is 0 Å². The van der Waals surface area contributed by atoms with E-state index in [0.29, 0.717) is 0 Å². The average Bonchev–Trinajstić information content (AvgIpc) is 3.00. The third-order valence-corrected chi connectivity index (χ3v) is 4.08. The van der Waals surface area contributed by atoms with E-state index >= 15 is 0 Å². The van der Waals surface area contributed by atoms with Crippen LogP contribution in [0, 0.1) is 6.92 Å². The summed E-state index contributed by atoms with van der Waals surface area (Å²) in [6, 6.07) is 14.8. The predicted octanol–water partition coefficient (Wildman–Crippen LogP) is 5.37. The van der Waals surface area contributed by atoms with Gasteiger partial charge in [-0.25, -0.2) is 0 Å².